The van der Waals surface area contributed by atoms with E-state index in [0.717, 1.165) is 16.5 Å². The first-order valence-corrected chi connectivity index (χ1v) is 7.04. The minimum Gasteiger partial charge on any atom is -0.304 e. The molecule has 0 saturated carbocycles. The molecule has 2 nitrogen and oxygen atoms in total. The first kappa shape index (κ1) is 12.9. The highest BCUT2D eigenvalue weighted by atomic mass is 35.5. The highest BCUT2D eigenvalue weighted by molar-refractivity contribution is 6.17. The zero-order valence-corrected chi connectivity index (χ0v) is 11.7. The van der Waals surface area contributed by atoms with Gasteiger partial charge in [0.1, 0.15) is 0 Å². The molecule has 0 amide bonds. The highest BCUT2D eigenvalue weighted by Crippen LogP contribution is 2.15. The molecule has 0 N–H and O–H groups in total. The van der Waals surface area contributed by atoms with E-state index in [1.165, 1.54) is 0 Å². The number of fused-ring (bicyclic) bond motifs is 1. The van der Waals surface area contributed by atoms with Gasteiger partial charge in [-0.3, -0.25) is 4.79 Å². The molecule has 3 rings (SSSR count). The zero-order chi connectivity index (χ0) is 13.9. The van der Waals surface area contributed by atoms with Crippen LogP contribution in [0, 0.1) is 0 Å². The Labute approximate surface area is 122 Å². The van der Waals surface area contributed by atoms with Gasteiger partial charge in [0.25, 0.3) is 5.56 Å². The van der Waals surface area contributed by atoms with E-state index in [1.54, 1.807) is 4.57 Å². The number of aromatic nitrogens is 1. The van der Waals surface area contributed by atoms with Gasteiger partial charge in [0.05, 0.1) is 17.9 Å². The van der Waals surface area contributed by atoms with Crippen molar-refractivity contribution < 1.29 is 0 Å². The molecule has 0 unspecified atom stereocenters. The van der Waals surface area contributed by atoms with Crippen LogP contribution < -0.4 is 5.56 Å². The van der Waals surface area contributed by atoms with Crippen LogP contribution in [0.4, 0.5) is 0 Å². The van der Waals surface area contributed by atoms with Crippen LogP contribution in [0.15, 0.2) is 65.5 Å². The van der Waals surface area contributed by atoms with Crippen molar-refractivity contribution in [2.75, 3.05) is 0 Å². The molecule has 100 valence electrons. The molecule has 2 aromatic carbocycles. The molecule has 0 aliphatic rings. The lowest BCUT2D eigenvalue weighted by Gasteiger charge is -2.12. The maximum Gasteiger partial charge on any atom is 0.255 e. The molecule has 0 atom stereocenters. The van der Waals surface area contributed by atoms with Crippen molar-refractivity contribution in [1.29, 1.82) is 0 Å². The van der Waals surface area contributed by atoms with E-state index < -0.39 is 0 Å². The normalized spacial score (nSPS) is 10.8. The van der Waals surface area contributed by atoms with Crippen LogP contribution in [-0.2, 0) is 12.4 Å². The summed E-state index contributed by atoms with van der Waals surface area (Å²) in [6, 6.07) is 19.8. The summed E-state index contributed by atoms with van der Waals surface area (Å²) < 4.78 is 1.79. The van der Waals surface area contributed by atoms with Gasteiger partial charge in [-0.15, -0.1) is 11.6 Å². The van der Waals surface area contributed by atoms with E-state index in [1.807, 2.05) is 60.7 Å². The third-order valence-electron chi connectivity index (χ3n) is 3.40. The van der Waals surface area contributed by atoms with Crippen molar-refractivity contribution in [3.8, 4) is 0 Å². The first-order valence-electron chi connectivity index (χ1n) is 6.51. The van der Waals surface area contributed by atoms with E-state index in [-0.39, 0.29) is 11.4 Å². The third-order valence-corrected chi connectivity index (χ3v) is 3.69. The zero-order valence-electron chi connectivity index (χ0n) is 10.9. The van der Waals surface area contributed by atoms with Gasteiger partial charge in [-0.05, 0) is 23.1 Å². The van der Waals surface area contributed by atoms with Crippen LogP contribution in [0.25, 0.3) is 10.9 Å². The van der Waals surface area contributed by atoms with Gasteiger partial charge in [-0.25, -0.2) is 0 Å². The predicted octanol–water partition coefficient (Wildman–Crippen LogP) is 3.79. The van der Waals surface area contributed by atoms with Gasteiger partial charge in [0, 0.05) is 5.56 Å². The second-order valence-corrected chi connectivity index (χ2v) is 5.01. The minimum atomic E-state index is -0.0115. The maximum atomic E-state index is 12.5. The SMILES string of the molecule is O=c1c(CCl)cc2ccccc2n1Cc1ccccc1. The molecule has 3 aromatic rings. The van der Waals surface area contributed by atoms with E-state index >= 15 is 0 Å². The molecule has 0 aliphatic carbocycles. The van der Waals surface area contributed by atoms with Crippen LogP contribution in [-0.4, -0.2) is 4.57 Å². The van der Waals surface area contributed by atoms with Crippen molar-refractivity contribution in [2.24, 2.45) is 0 Å². The van der Waals surface area contributed by atoms with Crippen LogP contribution in [0.3, 0.4) is 0 Å². The fraction of sp³-hybridized carbons (Fsp3) is 0.118. The van der Waals surface area contributed by atoms with Gasteiger partial charge in [0.2, 0.25) is 0 Å². The third kappa shape index (κ3) is 2.35. The van der Waals surface area contributed by atoms with Crippen molar-refractivity contribution in [3.05, 3.63) is 82.1 Å². The number of halogens is 1. The topological polar surface area (TPSA) is 22.0 Å². The lowest BCUT2D eigenvalue weighted by molar-refractivity contribution is 0.786. The molecule has 20 heavy (non-hydrogen) atoms. The molecule has 0 saturated heterocycles. The molecule has 3 heteroatoms. The minimum absolute atomic E-state index is 0.0115. The number of pyridine rings is 1. The van der Waals surface area contributed by atoms with E-state index in [2.05, 4.69) is 0 Å². The molecule has 0 aliphatic heterocycles. The van der Waals surface area contributed by atoms with Crippen LogP contribution >= 0.6 is 11.6 Å². The average Bonchev–Trinajstić information content (AvgIpc) is 2.51. The Hall–Kier alpha value is -2.06. The van der Waals surface area contributed by atoms with Gasteiger partial charge in [0.15, 0.2) is 0 Å². The Morgan fingerprint density at radius 1 is 0.950 bits per heavy atom. The summed E-state index contributed by atoms with van der Waals surface area (Å²) in [5.74, 6) is 0.235. The number of rotatable bonds is 3. The number of para-hydroxylation sites is 1. The van der Waals surface area contributed by atoms with Crippen LogP contribution in [0.5, 0.6) is 0 Å². The summed E-state index contributed by atoms with van der Waals surface area (Å²) in [5.41, 5.74) is 2.67. The Morgan fingerprint density at radius 3 is 2.40 bits per heavy atom. The van der Waals surface area contributed by atoms with Gasteiger partial charge in [-0.2, -0.15) is 0 Å². The predicted molar refractivity (Wildman–Crippen MR) is 83.3 cm³/mol. The van der Waals surface area contributed by atoms with Crippen molar-refractivity contribution in [1.82, 2.24) is 4.57 Å². The quantitative estimate of drug-likeness (QED) is 0.670. The summed E-state index contributed by atoms with van der Waals surface area (Å²) >= 11 is 5.89. The molecule has 1 heterocycles. The number of alkyl halides is 1. The monoisotopic (exact) mass is 283 g/mol. The smallest absolute Gasteiger partial charge is 0.255 e. The second-order valence-electron chi connectivity index (χ2n) is 4.74. The molecular formula is C17H14ClNO. The molecule has 0 bridgehead atoms. The van der Waals surface area contributed by atoms with Crippen LogP contribution in [0.2, 0.25) is 0 Å². The lowest BCUT2D eigenvalue weighted by atomic mass is 10.1. The molecule has 1 aromatic heterocycles. The fourth-order valence-electron chi connectivity index (χ4n) is 2.41. The lowest BCUT2D eigenvalue weighted by Crippen LogP contribution is -2.24. The average molecular weight is 284 g/mol. The highest BCUT2D eigenvalue weighted by Gasteiger charge is 2.08. The number of hydrogen-bond acceptors (Lipinski definition) is 1. The molecule has 0 fully saturated rings. The van der Waals surface area contributed by atoms with E-state index in [9.17, 15) is 4.79 Å². The van der Waals surface area contributed by atoms with Gasteiger partial charge < -0.3 is 4.57 Å². The largest absolute Gasteiger partial charge is 0.304 e. The summed E-state index contributed by atoms with van der Waals surface area (Å²) in [6.45, 7) is 0.560. The van der Waals surface area contributed by atoms with Gasteiger partial charge >= 0.3 is 0 Å². The summed E-state index contributed by atoms with van der Waals surface area (Å²) in [6.07, 6.45) is 0. The van der Waals surface area contributed by atoms with Crippen molar-refractivity contribution in [3.63, 3.8) is 0 Å². The standard InChI is InChI=1S/C17H14ClNO/c18-11-15-10-14-8-4-5-9-16(14)19(17(15)20)12-13-6-2-1-3-7-13/h1-10H,11-12H2. The van der Waals surface area contributed by atoms with Crippen LogP contribution in [0.1, 0.15) is 11.1 Å². The number of hydrogen-bond donors (Lipinski definition) is 0. The van der Waals surface area contributed by atoms with Crippen molar-refractivity contribution >= 4 is 22.5 Å². The summed E-state index contributed by atoms with van der Waals surface area (Å²) in [7, 11) is 0. The second kappa shape index (κ2) is 5.51. The Morgan fingerprint density at radius 2 is 1.65 bits per heavy atom. The Balaban J connectivity index is 2.22. The van der Waals surface area contributed by atoms with E-state index in [4.69, 9.17) is 11.6 Å². The maximum absolute atomic E-state index is 12.5. The number of nitrogens with zero attached hydrogens (tertiary/aromatic N) is 1. The number of benzene rings is 2. The summed E-state index contributed by atoms with van der Waals surface area (Å²) in [5, 5.41) is 1.04. The van der Waals surface area contributed by atoms with Gasteiger partial charge in [-0.1, -0.05) is 48.5 Å². The Kier molecular flexibility index (Phi) is 3.57. The van der Waals surface area contributed by atoms with E-state index in [0.29, 0.717) is 12.1 Å². The van der Waals surface area contributed by atoms with Crippen molar-refractivity contribution in [2.45, 2.75) is 12.4 Å². The molecular weight excluding hydrogens is 270 g/mol. The molecule has 0 spiro atoms. The fourth-order valence-corrected chi connectivity index (χ4v) is 2.60. The molecule has 0 radical (unpaired) electrons. The Bertz CT molecular complexity index is 793. The summed E-state index contributed by atoms with van der Waals surface area (Å²) in [4.78, 5) is 12.5. The first-order chi connectivity index (χ1) is 9.79.